The number of nitrogens with zero attached hydrogens (tertiary/aromatic N) is 3. The van der Waals surface area contributed by atoms with Crippen LogP contribution in [0.2, 0.25) is 0 Å². The summed E-state index contributed by atoms with van der Waals surface area (Å²) in [7, 11) is 0. The van der Waals surface area contributed by atoms with Crippen molar-refractivity contribution in [2.24, 2.45) is 0 Å². The zero-order chi connectivity index (χ0) is 16.2. The minimum Gasteiger partial charge on any atom is -0.361 e. The Balaban J connectivity index is 2.35. The monoisotopic (exact) mass is 413 g/mol. The molecule has 7 heteroatoms. The van der Waals surface area contributed by atoms with E-state index < -0.39 is 0 Å². The van der Waals surface area contributed by atoms with E-state index in [0.29, 0.717) is 16.2 Å². The smallest absolute Gasteiger partial charge is 0.216 e. The van der Waals surface area contributed by atoms with Crippen molar-refractivity contribution in [3.05, 3.63) is 22.2 Å². The van der Waals surface area contributed by atoms with Crippen LogP contribution in [0.3, 0.4) is 0 Å². The number of nitrogens with one attached hydrogen (secondary N) is 2. The molecule has 0 aliphatic carbocycles. The summed E-state index contributed by atoms with van der Waals surface area (Å²) in [5.41, 5.74) is 1.26. The van der Waals surface area contributed by atoms with Gasteiger partial charge < -0.3 is 10.6 Å². The number of hydrogen-bond acceptors (Lipinski definition) is 5. The Morgan fingerprint density at radius 2 is 2.18 bits per heavy atom. The maximum absolute atomic E-state index is 11.2. The lowest BCUT2D eigenvalue weighted by Crippen LogP contribution is -2.46. The lowest BCUT2D eigenvalue weighted by Gasteiger charge is -2.31. The van der Waals surface area contributed by atoms with Crippen LogP contribution in [0.4, 0.5) is 5.82 Å². The quantitative estimate of drug-likeness (QED) is 0.563. The number of halogens is 1. The van der Waals surface area contributed by atoms with Gasteiger partial charge in [-0.15, -0.1) is 0 Å². The zero-order valence-electron chi connectivity index (χ0n) is 13.0. The lowest BCUT2D eigenvalue weighted by molar-refractivity contribution is -0.119. The second-order valence-electron chi connectivity index (χ2n) is 5.56. The van der Waals surface area contributed by atoms with E-state index in [4.69, 9.17) is 0 Å². The molecule has 0 aromatic carbocycles. The molecule has 1 atom stereocenters. The number of carbonyl (C=O) groups excluding carboxylic acids is 1. The largest absolute Gasteiger partial charge is 0.361 e. The van der Waals surface area contributed by atoms with Crippen LogP contribution in [0.25, 0.3) is 11.0 Å². The Bertz CT molecular complexity index is 678. The van der Waals surface area contributed by atoms with Crippen molar-refractivity contribution in [2.75, 3.05) is 11.9 Å². The van der Waals surface area contributed by atoms with Gasteiger partial charge in [0.15, 0.2) is 9.65 Å². The molecule has 0 fully saturated rings. The highest BCUT2D eigenvalue weighted by atomic mass is 127. The predicted molar refractivity (Wildman–Crippen MR) is 95.7 cm³/mol. The van der Waals surface area contributed by atoms with E-state index >= 15 is 0 Å². The van der Waals surface area contributed by atoms with Gasteiger partial charge in [0, 0.05) is 42.3 Å². The van der Waals surface area contributed by atoms with Crippen LogP contribution < -0.4 is 10.6 Å². The molecule has 0 spiro atoms. The number of anilines is 1. The first-order valence-electron chi connectivity index (χ1n) is 7.24. The first kappa shape index (κ1) is 16.9. The standard InChI is InChI=1S/C15H20IN5O/c1-4-7-15(3,9-18-10(2)22)21-13-12-11(6-5-8-17-12)19-14(16)20-13/h5-6,8H,4,7,9H2,1-3H3,(H,18,22)(H,19,20,21). The van der Waals surface area contributed by atoms with E-state index in [1.54, 1.807) is 6.20 Å². The van der Waals surface area contributed by atoms with E-state index in [1.165, 1.54) is 6.92 Å². The third-order valence-electron chi connectivity index (χ3n) is 3.38. The highest BCUT2D eigenvalue weighted by Gasteiger charge is 2.25. The fraction of sp³-hybridized carbons (Fsp3) is 0.467. The average Bonchev–Trinajstić information content (AvgIpc) is 2.45. The van der Waals surface area contributed by atoms with Gasteiger partial charge >= 0.3 is 0 Å². The zero-order valence-corrected chi connectivity index (χ0v) is 15.1. The van der Waals surface area contributed by atoms with Crippen LogP contribution in [0.15, 0.2) is 18.3 Å². The number of carbonyl (C=O) groups is 1. The maximum Gasteiger partial charge on any atom is 0.216 e. The third kappa shape index (κ3) is 4.25. The first-order chi connectivity index (χ1) is 10.4. The fourth-order valence-corrected chi connectivity index (χ4v) is 2.88. The Morgan fingerprint density at radius 3 is 2.86 bits per heavy atom. The van der Waals surface area contributed by atoms with Gasteiger partial charge in [-0.05, 0) is 25.5 Å². The molecule has 22 heavy (non-hydrogen) atoms. The van der Waals surface area contributed by atoms with Crippen molar-refractivity contribution in [3.63, 3.8) is 0 Å². The Hall–Kier alpha value is -1.51. The molecule has 0 saturated heterocycles. The topological polar surface area (TPSA) is 79.8 Å². The molecule has 0 aliphatic heterocycles. The minimum absolute atomic E-state index is 0.0376. The summed E-state index contributed by atoms with van der Waals surface area (Å²) in [6, 6.07) is 3.78. The maximum atomic E-state index is 11.2. The molecule has 0 radical (unpaired) electrons. The molecule has 1 unspecified atom stereocenters. The van der Waals surface area contributed by atoms with Gasteiger partial charge in [-0.2, -0.15) is 0 Å². The van der Waals surface area contributed by atoms with Crippen LogP contribution in [0, 0.1) is 3.83 Å². The van der Waals surface area contributed by atoms with Crippen LogP contribution >= 0.6 is 22.6 Å². The van der Waals surface area contributed by atoms with Crippen molar-refractivity contribution < 1.29 is 4.79 Å². The Labute approximate surface area is 143 Å². The molecule has 0 bridgehead atoms. The number of hydrogen-bond donors (Lipinski definition) is 2. The minimum atomic E-state index is -0.289. The van der Waals surface area contributed by atoms with Crippen LogP contribution in [-0.4, -0.2) is 32.9 Å². The molecule has 1 amide bonds. The second kappa shape index (κ2) is 7.17. The SMILES string of the molecule is CCCC(C)(CNC(C)=O)Nc1nc(I)nc2cccnc12. The summed E-state index contributed by atoms with van der Waals surface area (Å²) >= 11 is 2.10. The average molecular weight is 413 g/mol. The van der Waals surface area contributed by atoms with E-state index in [-0.39, 0.29) is 11.4 Å². The highest BCUT2D eigenvalue weighted by Crippen LogP contribution is 2.24. The van der Waals surface area contributed by atoms with E-state index in [2.05, 4.69) is 62.0 Å². The van der Waals surface area contributed by atoms with Gasteiger partial charge in [-0.25, -0.2) is 9.97 Å². The Kier molecular flexibility index (Phi) is 5.49. The van der Waals surface area contributed by atoms with Crippen molar-refractivity contribution in [2.45, 2.75) is 39.2 Å². The van der Waals surface area contributed by atoms with Gasteiger partial charge in [0.05, 0.1) is 11.1 Å². The first-order valence-corrected chi connectivity index (χ1v) is 8.32. The van der Waals surface area contributed by atoms with Crippen LogP contribution in [0.1, 0.15) is 33.6 Å². The van der Waals surface area contributed by atoms with E-state index in [0.717, 1.165) is 23.9 Å². The lowest BCUT2D eigenvalue weighted by atomic mass is 9.95. The number of aromatic nitrogens is 3. The van der Waals surface area contributed by atoms with Crippen molar-refractivity contribution in [3.8, 4) is 0 Å². The molecule has 0 aliphatic rings. The Morgan fingerprint density at radius 1 is 1.41 bits per heavy atom. The summed E-state index contributed by atoms with van der Waals surface area (Å²) in [5.74, 6) is 0.667. The van der Waals surface area contributed by atoms with Crippen LogP contribution in [0.5, 0.6) is 0 Å². The highest BCUT2D eigenvalue weighted by molar-refractivity contribution is 14.1. The molecule has 2 aromatic heterocycles. The molecule has 6 nitrogen and oxygen atoms in total. The van der Waals surface area contributed by atoms with Gasteiger partial charge in [-0.1, -0.05) is 13.3 Å². The number of rotatable bonds is 6. The summed E-state index contributed by atoms with van der Waals surface area (Å²) in [6.45, 7) is 6.26. The third-order valence-corrected chi connectivity index (χ3v) is 3.86. The summed E-state index contributed by atoms with van der Waals surface area (Å²) < 4.78 is 0.666. The molecule has 2 N–H and O–H groups in total. The number of fused-ring (bicyclic) bond motifs is 1. The summed E-state index contributed by atoms with van der Waals surface area (Å²) in [4.78, 5) is 24.5. The summed E-state index contributed by atoms with van der Waals surface area (Å²) in [5, 5.41) is 6.35. The molecule has 118 valence electrons. The second-order valence-corrected chi connectivity index (χ2v) is 6.52. The van der Waals surface area contributed by atoms with Crippen molar-refractivity contribution in [1.82, 2.24) is 20.3 Å². The van der Waals surface area contributed by atoms with Gasteiger partial charge in [0.2, 0.25) is 5.91 Å². The molecular formula is C15H20IN5O. The number of amides is 1. The van der Waals surface area contributed by atoms with Gasteiger partial charge in [0.25, 0.3) is 0 Å². The van der Waals surface area contributed by atoms with Crippen molar-refractivity contribution >= 4 is 45.3 Å². The van der Waals surface area contributed by atoms with Gasteiger partial charge in [-0.3, -0.25) is 9.78 Å². The number of pyridine rings is 1. The van der Waals surface area contributed by atoms with E-state index in [9.17, 15) is 4.79 Å². The van der Waals surface area contributed by atoms with Crippen molar-refractivity contribution in [1.29, 1.82) is 0 Å². The molecule has 2 aromatic rings. The van der Waals surface area contributed by atoms with E-state index in [1.807, 2.05) is 12.1 Å². The fourth-order valence-electron chi connectivity index (χ4n) is 2.38. The normalized spacial score (nSPS) is 13.6. The van der Waals surface area contributed by atoms with Gasteiger partial charge in [0.1, 0.15) is 5.52 Å². The predicted octanol–water partition coefficient (Wildman–Crippen LogP) is 2.74. The van der Waals surface area contributed by atoms with Crippen LogP contribution in [-0.2, 0) is 4.79 Å². The molecule has 0 saturated carbocycles. The molecular weight excluding hydrogens is 393 g/mol. The molecule has 2 heterocycles. The molecule has 2 rings (SSSR count). The summed E-state index contributed by atoms with van der Waals surface area (Å²) in [6.07, 6.45) is 3.63.